The van der Waals surface area contributed by atoms with Crippen LogP contribution in [0.1, 0.15) is 35.3 Å². The summed E-state index contributed by atoms with van der Waals surface area (Å²) in [6, 6.07) is 6.80. The van der Waals surface area contributed by atoms with Crippen LogP contribution in [-0.4, -0.2) is 0 Å². The van der Waals surface area contributed by atoms with Crippen LogP contribution in [0.4, 0.5) is 0 Å². The molecular weight excluding hydrogens is 164 g/mol. The predicted molar refractivity (Wildman–Crippen MR) is 55.9 cm³/mol. The van der Waals surface area contributed by atoms with Gasteiger partial charge in [-0.3, -0.25) is 0 Å². The Kier molecular flexibility index (Phi) is 2.14. The van der Waals surface area contributed by atoms with Crippen LogP contribution >= 0.6 is 12.6 Å². The average molecular weight is 178 g/mol. The van der Waals surface area contributed by atoms with Crippen LogP contribution in [0.5, 0.6) is 0 Å². The highest BCUT2D eigenvalue weighted by Gasteiger charge is 2.11. The third-order valence-electron chi connectivity index (χ3n) is 2.60. The Bertz CT molecular complexity index is 289. The van der Waals surface area contributed by atoms with E-state index < -0.39 is 0 Å². The fraction of sp³-hybridized carbons (Fsp3) is 0.455. The number of fused-ring (bicyclic) bond motifs is 1. The maximum atomic E-state index is 4.43. The fourth-order valence-corrected chi connectivity index (χ4v) is 2.01. The third-order valence-corrected chi connectivity index (χ3v) is 2.90. The summed E-state index contributed by atoms with van der Waals surface area (Å²) in [5.74, 6) is 0. The van der Waals surface area contributed by atoms with Crippen LogP contribution in [0.3, 0.4) is 0 Å². The molecule has 0 heterocycles. The van der Waals surface area contributed by atoms with Gasteiger partial charge < -0.3 is 0 Å². The van der Waals surface area contributed by atoms with Crippen molar-refractivity contribution in [1.29, 1.82) is 0 Å². The van der Waals surface area contributed by atoms with Crippen molar-refractivity contribution in [3.63, 3.8) is 0 Å². The van der Waals surface area contributed by atoms with Gasteiger partial charge in [0.15, 0.2) is 0 Å². The minimum atomic E-state index is 0.371. The maximum Gasteiger partial charge on any atom is 0.0238 e. The van der Waals surface area contributed by atoms with Crippen molar-refractivity contribution in [3.05, 3.63) is 34.9 Å². The molecule has 1 aromatic rings. The quantitative estimate of drug-likeness (QED) is 0.627. The average Bonchev–Trinajstić information content (AvgIpc) is 2.49. The summed E-state index contributed by atoms with van der Waals surface area (Å²) in [4.78, 5) is 0. The fourth-order valence-electron chi connectivity index (χ4n) is 1.85. The van der Waals surface area contributed by atoms with Gasteiger partial charge in [0.05, 0.1) is 0 Å². The zero-order chi connectivity index (χ0) is 8.55. The number of hydrogen-bond donors (Lipinski definition) is 1. The second kappa shape index (κ2) is 3.14. The first-order valence-corrected chi connectivity index (χ1v) is 5.09. The van der Waals surface area contributed by atoms with E-state index in [4.69, 9.17) is 0 Å². The monoisotopic (exact) mass is 178 g/mol. The predicted octanol–water partition coefficient (Wildman–Crippen LogP) is 3.17. The molecule has 0 aromatic heterocycles. The van der Waals surface area contributed by atoms with Crippen molar-refractivity contribution in [3.8, 4) is 0 Å². The molecule has 1 aromatic carbocycles. The molecule has 0 fully saturated rings. The molecule has 0 saturated heterocycles. The molecule has 0 nitrogen and oxygen atoms in total. The van der Waals surface area contributed by atoms with Crippen molar-refractivity contribution >= 4 is 12.6 Å². The van der Waals surface area contributed by atoms with Gasteiger partial charge >= 0.3 is 0 Å². The van der Waals surface area contributed by atoms with E-state index in [1.165, 1.54) is 24.8 Å². The summed E-state index contributed by atoms with van der Waals surface area (Å²) in [5, 5.41) is 0.371. The molecule has 12 heavy (non-hydrogen) atoms. The second-order valence-corrected chi connectivity index (χ2v) is 4.33. The van der Waals surface area contributed by atoms with E-state index in [2.05, 4.69) is 37.8 Å². The topological polar surface area (TPSA) is 0 Å². The molecule has 1 unspecified atom stereocenters. The van der Waals surface area contributed by atoms with Gasteiger partial charge in [0.1, 0.15) is 0 Å². The molecule has 1 heteroatoms. The van der Waals surface area contributed by atoms with Gasteiger partial charge in [-0.05, 0) is 42.9 Å². The van der Waals surface area contributed by atoms with Gasteiger partial charge in [-0.2, -0.15) is 12.6 Å². The summed E-state index contributed by atoms with van der Waals surface area (Å²) in [6.07, 6.45) is 3.87. The number of benzene rings is 1. The minimum absolute atomic E-state index is 0.371. The molecule has 0 N–H and O–H groups in total. The van der Waals surface area contributed by atoms with Gasteiger partial charge in [0.25, 0.3) is 0 Å². The maximum absolute atomic E-state index is 4.43. The van der Waals surface area contributed by atoms with E-state index in [1.807, 2.05) is 0 Å². The van der Waals surface area contributed by atoms with E-state index in [0.717, 1.165) is 0 Å². The summed E-state index contributed by atoms with van der Waals surface area (Å²) >= 11 is 4.43. The van der Waals surface area contributed by atoms with Gasteiger partial charge in [-0.25, -0.2) is 0 Å². The van der Waals surface area contributed by atoms with Crippen LogP contribution in [0.15, 0.2) is 18.2 Å². The molecule has 1 atom stereocenters. The Morgan fingerprint density at radius 3 is 2.75 bits per heavy atom. The summed E-state index contributed by atoms with van der Waals surface area (Å²) in [5.41, 5.74) is 4.46. The van der Waals surface area contributed by atoms with E-state index in [1.54, 1.807) is 11.1 Å². The lowest BCUT2D eigenvalue weighted by Crippen LogP contribution is -1.88. The van der Waals surface area contributed by atoms with Crippen LogP contribution < -0.4 is 0 Å². The van der Waals surface area contributed by atoms with Gasteiger partial charge in [-0.1, -0.05) is 18.2 Å². The van der Waals surface area contributed by atoms with Gasteiger partial charge in [0.2, 0.25) is 0 Å². The number of aryl methyl sites for hydroxylation is 2. The summed E-state index contributed by atoms with van der Waals surface area (Å²) in [6.45, 7) is 2.12. The van der Waals surface area contributed by atoms with Crippen LogP contribution in [0.2, 0.25) is 0 Å². The highest BCUT2D eigenvalue weighted by atomic mass is 32.1. The van der Waals surface area contributed by atoms with E-state index in [9.17, 15) is 0 Å². The molecular formula is C11H14S. The Hall–Kier alpha value is -0.430. The molecule has 0 radical (unpaired) electrons. The Morgan fingerprint density at radius 2 is 2.00 bits per heavy atom. The number of hydrogen-bond acceptors (Lipinski definition) is 1. The summed E-state index contributed by atoms with van der Waals surface area (Å²) < 4.78 is 0. The van der Waals surface area contributed by atoms with Crippen molar-refractivity contribution in [2.75, 3.05) is 0 Å². The van der Waals surface area contributed by atoms with Crippen molar-refractivity contribution in [2.24, 2.45) is 0 Å². The molecule has 0 spiro atoms. The van der Waals surface area contributed by atoms with Crippen molar-refractivity contribution in [2.45, 2.75) is 31.4 Å². The first kappa shape index (κ1) is 8.18. The first-order chi connectivity index (χ1) is 5.77. The Balaban J connectivity index is 2.39. The lowest BCUT2D eigenvalue weighted by atomic mass is 10.0. The smallest absolute Gasteiger partial charge is 0.0238 e. The molecule has 64 valence electrons. The highest BCUT2D eigenvalue weighted by molar-refractivity contribution is 7.80. The van der Waals surface area contributed by atoms with Crippen LogP contribution in [-0.2, 0) is 12.8 Å². The SMILES string of the molecule is CC(S)c1ccc2c(c1)CCC2. The normalized spacial score (nSPS) is 17.5. The molecule has 0 bridgehead atoms. The zero-order valence-corrected chi connectivity index (χ0v) is 8.27. The molecule has 1 aliphatic rings. The second-order valence-electron chi connectivity index (χ2n) is 3.56. The first-order valence-electron chi connectivity index (χ1n) is 4.57. The molecule has 2 rings (SSSR count). The lowest BCUT2D eigenvalue weighted by molar-refractivity contribution is 0.911. The zero-order valence-electron chi connectivity index (χ0n) is 7.38. The minimum Gasteiger partial charge on any atom is -0.171 e. The van der Waals surface area contributed by atoms with Crippen molar-refractivity contribution in [1.82, 2.24) is 0 Å². The Morgan fingerprint density at radius 1 is 1.25 bits per heavy atom. The highest BCUT2D eigenvalue weighted by Crippen LogP contribution is 2.27. The third kappa shape index (κ3) is 1.38. The largest absolute Gasteiger partial charge is 0.171 e. The number of rotatable bonds is 1. The standard InChI is InChI=1S/C11H14S/c1-8(12)10-6-5-9-3-2-4-11(9)7-10/h5-8,12H,2-4H2,1H3. The van der Waals surface area contributed by atoms with Gasteiger partial charge in [-0.15, -0.1) is 0 Å². The number of thiol groups is 1. The van der Waals surface area contributed by atoms with E-state index in [-0.39, 0.29) is 0 Å². The molecule has 0 amide bonds. The van der Waals surface area contributed by atoms with Crippen molar-refractivity contribution < 1.29 is 0 Å². The molecule has 0 aliphatic heterocycles. The molecule has 1 aliphatic carbocycles. The lowest BCUT2D eigenvalue weighted by Gasteiger charge is -2.06. The van der Waals surface area contributed by atoms with Crippen LogP contribution in [0.25, 0.3) is 0 Å². The van der Waals surface area contributed by atoms with E-state index >= 15 is 0 Å². The molecule has 0 saturated carbocycles. The van der Waals surface area contributed by atoms with E-state index in [0.29, 0.717) is 5.25 Å². The van der Waals surface area contributed by atoms with Crippen LogP contribution in [0, 0.1) is 0 Å². The Labute approximate surface area is 79.4 Å². The summed E-state index contributed by atoms with van der Waals surface area (Å²) in [7, 11) is 0. The van der Waals surface area contributed by atoms with Gasteiger partial charge in [0, 0.05) is 5.25 Å².